The van der Waals surface area contributed by atoms with Gasteiger partial charge in [0.05, 0.1) is 6.10 Å². The first-order chi connectivity index (χ1) is 10.3. The molecule has 0 amide bonds. The summed E-state index contributed by atoms with van der Waals surface area (Å²) in [4.78, 5) is 0. The molecule has 2 rings (SSSR count). The molecule has 0 fully saturated rings. The van der Waals surface area contributed by atoms with E-state index in [1.165, 1.54) is 11.1 Å². The lowest BCUT2D eigenvalue weighted by Crippen LogP contribution is -2.32. The normalized spacial score (nSPS) is 11.2. The maximum atomic E-state index is 6.05. The third kappa shape index (κ3) is 5.44. The van der Waals surface area contributed by atoms with Crippen molar-refractivity contribution in [3.63, 3.8) is 0 Å². The Morgan fingerprint density at radius 3 is 1.57 bits per heavy atom. The highest BCUT2D eigenvalue weighted by molar-refractivity contribution is 6.36. The third-order valence-electron chi connectivity index (χ3n) is 3.30. The zero-order valence-electron chi connectivity index (χ0n) is 12.6. The van der Waals surface area contributed by atoms with Crippen LogP contribution < -0.4 is 0 Å². The van der Waals surface area contributed by atoms with Gasteiger partial charge in [0, 0.05) is 14.2 Å². The van der Waals surface area contributed by atoms with Crippen molar-refractivity contribution in [3.8, 4) is 0 Å². The van der Waals surface area contributed by atoms with Gasteiger partial charge in [-0.3, -0.25) is 0 Å². The largest absolute Gasteiger partial charge is 0.483 e. The smallest absolute Gasteiger partial charge is 0.379 e. The number of rotatable bonds is 8. The van der Waals surface area contributed by atoms with Crippen LogP contribution in [0, 0.1) is 0 Å². The first-order valence-electron chi connectivity index (χ1n) is 7.10. The van der Waals surface area contributed by atoms with E-state index in [0.717, 1.165) is 12.8 Å². The maximum absolute atomic E-state index is 6.05. The van der Waals surface area contributed by atoms with E-state index in [4.69, 9.17) is 13.3 Å². The Morgan fingerprint density at radius 2 is 1.19 bits per heavy atom. The molecule has 0 N–H and O–H groups in total. The van der Waals surface area contributed by atoms with Crippen LogP contribution in [0.2, 0.25) is 0 Å². The lowest BCUT2D eigenvalue weighted by Gasteiger charge is -2.22. The first-order valence-corrected chi connectivity index (χ1v) is 8.52. The molecule has 0 aliphatic rings. The molecule has 2 aromatic carbocycles. The molecule has 0 aliphatic carbocycles. The summed E-state index contributed by atoms with van der Waals surface area (Å²) < 4.78 is 16.7. The van der Waals surface area contributed by atoms with E-state index < -0.39 is 9.53 Å². The molecule has 21 heavy (non-hydrogen) atoms. The van der Waals surface area contributed by atoms with E-state index in [0.29, 0.717) is 0 Å². The second kappa shape index (κ2) is 8.74. The zero-order valence-corrected chi connectivity index (χ0v) is 13.7. The van der Waals surface area contributed by atoms with Gasteiger partial charge in [-0.1, -0.05) is 60.7 Å². The number of hydrogen-bond donors (Lipinski definition) is 0. The van der Waals surface area contributed by atoms with Crippen molar-refractivity contribution in [2.24, 2.45) is 0 Å². The maximum Gasteiger partial charge on any atom is 0.483 e. The second-order valence-electron chi connectivity index (χ2n) is 4.90. The zero-order chi connectivity index (χ0) is 14.9. The lowest BCUT2D eigenvalue weighted by atomic mass is 10.0. The molecule has 0 aromatic heterocycles. The highest BCUT2D eigenvalue weighted by Crippen LogP contribution is 2.13. The molecule has 4 heteroatoms. The van der Waals surface area contributed by atoms with E-state index in [1.54, 1.807) is 14.2 Å². The van der Waals surface area contributed by atoms with Crippen LogP contribution in [0.15, 0.2) is 60.7 Å². The third-order valence-corrected chi connectivity index (χ3v) is 4.68. The standard InChI is InChI=1S/C17H22O3Si/c1-18-21(19-2)20-17(13-15-9-5-3-6-10-15)14-16-11-7-4-8-12-16/h3-12,17,21H,13-14H2,1-2H3. The molecule has 0 bridgehead atoms. The molecular formula is C17H22O3Si. The average Bonchev–Trinajstić information content (AvgIpc) is 2.54. The molecule has 0 atom stereocenters. The van der Waals surface area contributed by atoms with Crippen LogP contribution in [0.3, 0.4) is 0 Å². The van der Waals surface area contributed by atoms with Crippen LogP contribution in [0.1, 0.15) is 11.1 Å². The molecule has 0 saturated heterocycles. The molecule has 0 heterocycles. The van der Waals surface area contributed by atoms with E-state index in [-0.39, 0.29) is 6.10 Å². The highest BCUT2D eigenvalue weighted by atomic mass is 28.3. The molecule has 3 nitrogen and oxygen atoms in total. The van der Waals surface area contributed by atoms with Gasteiger partial charge in [0.25, 0.3) is 0 Å². The summed E-state index contributed by atoms with van der Waals surface area (Å²) in [5.74, 6) is 0. The highest BCUT2D eigenvalue weighted by Gasteiger charge is 2.20. The Balaban J connectivity index is 2.06. The number of benzene rings is 2. The Labute approximate surface area is 128 Å². The quantitative estimate of drug-likeness (QED) is 0.702. The van der Waals surface area contributed by atoms with Crippen LogP contribution in [0.25, 0.3) is 0 Å². The van der Waals surface area contributed by atoms with Gasteiger partial charge in [0.15, 0.2) is 0 Å². The fourth-order valence-electron chi connectivity index (χ4n) is 2.29. The Bertz CT molecular complexity index is 458. The lowest BCUT2D eigenvalue weighted by molar-refractivity contribution is 0.0861. The summed E-state index contributed by atoms with van der Waals surface area (Å²) in [5.41, 5.74) is 2.52. The monoisotopic (exact) mass is 302 g/mol. The van der Waals surface area contributed by atoms with Gasteiger partial charge >= 0.3 is 9.53 Å². The van der Waals surface area contributed by atoms with Gasteiger partial charge in [0.2, 0.25) is 0 Å². The molecule has 112 valence electrons. The van der Waals surface area contributed by atoms with E-state index >= 15 is 0 Å². The summed E-state index contributed by atoms with van der Waals surface area (Å²) in [7, 11) is 1.25. The topological polar surface area (TPSA) is 27.7 Å². The van der Waals surface area contributed by atoms with Crippen LogP contribution in [0.5, 0.6) is 0 Å². The van der Waals surface area contributed by atoms with Gasteiger partial charge in [-0.2, -0.15) is 0 Å². The molecule has 0 saturated carbocycles. The van der Waals surface area contributed by atoms with E-state index in [1.807, 2.05) is 12.1 Å². The van der Waals surface area contributed by atoms with Crippen molar-refractivity contribution in [1.29, 1.82) is 0 Å². The summed E-state index contributed by atoms with van der Waals surface area (Å²) >= 11 is 0. The molecule has 0 spiro atoms. The van der Waals surface area contributed by atoms with Gasteiger partial charge in [0.1, 0.15) is 0 Å². The summed E-state index contributed by atoms with van der Waals surface area (Å²) in [6.07, 6.45) is 1.77. The fourth-order valence-corrected chi connectivity index (χ4v) is 3.21. The number of hydrogen-bond acceptors (Lipinski definition) is 3. The molecule has 0 radical (unpaired) electrons. The van der Waals surface area contributed by atoms with Gasteiger partial charge in [-0.05, 0) is 24.0 Å². The second-order valence-corrected chi connectivity index (χ2v) is 6.69. The summed E-state index contributed by atoms with van der Waals surface area (Å²) in [5, 5.41) is 0. The molecule has 2 aromatic rings. The van der Waals surface area contributed by atoms with Crippen molar-refractivity contribution in [1.82, 2.24) is 0 Å². The van der Waals surface area contributed by atoms with Crippen molar-refractivity contribution in [2.75, 3.05) is 14.2 Å². The van der Waals surface area contributed by atoms with Crippen molar-refractivity contribution in [3.05, 3.63) is 71.8 Å². The molecule has 0 unspecified atom stereocenters. The predicted molar refractivity (Wildman–Crippen MR) is 86.3 cm³/mol. The minimum Gasteiger partial charge on any atom is -0.379 e. The minimum absolute atomic E-state index is 0.0615. The Kier molecular flexibility index (Phi) is 6.63. The van der Waals surface area contributed by atoms with Crippen LogP contribution >= 0.6 is 0 Å². The molecule has 0 aliphatic heterocycles. The van der Waals surface area contributed by atoms with Gasteiger partial charge in [-0.15, -0.1) is 0 Å². The van der Waals surface area contributed by atoms with Gasteiger partial charge < -0.3 is 13.3 Å². The van der Waals surface area contributed by atoms with Crippen molar-refractivity contribution in [2.45, 2.75) is 18.9 Å². The first kappa shape index (κ1) is 15.9. The van der Waals surface area contributed by atoms with Crippen LogP contribution in [-0.4, -0.2) is 29.9 Å². The Hall–Kier alpha value is -1.46. The van der Waals surface area contributed by atoms with Crippen molar-refractivity contribution < 1.29 is 13.3 Å². The SMILES string of the molecule is CO[SiH](OC)OC(Cc1ccccc1)Cc1ccccc1. The van der Waals surface area contributed by atoms with E-state index in [2.05, 4.69) is 48.5 Å². The fraction of sp³-hybridized carbons (Fsp3) is 0.294. The van der Waals surface area contributed by atoms with Crippen LogP contribution in [0.4, 0.5) is 0 Å². The van der Waals surface area contributed by atoms with Crippen molar-refractivity contribution >= 4 is 9.53 Å². The van der Waals surface area contributed by atoms with Crippen LogP contribution in [-0.2, 0) is 26.1 Å². The summed E-state index contributed by atoms with van der Waals surface area (Å²) in [6, 6.07) is 20.8. The Morgan fingerprint density at radius 1 is 0.762 bits per heavy atom. The predicted octanol–water partition coefficient (Wildman–Crippen LogP) is 2.87. The van der Waals surface area contributed by atoms with E-state index in [9.17, 15) is 0 Å². The summed E-state index contributed by atoms with van der Waals surface area (Å²) in [6.45, 7) is 0. The molecular weight excluding hydrogens is 280 g/mol. The average molecular weight is 302 g/mol. The van der Waals surface area contributed by atoms with Gasteiger partial charge in [-0.25, -0.2) is 0 Å². The minimum atomic E-state index is -2.03.